The van der Waals surface area contributed by atoms with Crippen molar-refractivity contribution in [2.75, 3.05) is 25.0 Å². The largest absolute Gasteiger partial charge is 0.348 e. The summed E-state index contributed by atoms with van der Waals surface area (Å²) in [5.41, 5.74) is 0.473. The molecule has 0 unspecified atom stereocenters. The molecule has 0 atom stereocenters. The molecular weight excluding hydrogens is 272 g/mol. The molecule has 1 saturated heterocycles. The lowest BCUT2D eigenvalue weighted by atomic mass is 10.3. The third-order valence-electron chi connectivity index (χ3n) is 3.19. The lowest BCUT2D eigenvalue weighted by Gasteiger charge is -2.15. The summed E-state index contributed by atoms with van der Waals surface area (Å²) in [6.45, 7) is 1.76. The molecule has 0 aromatic carbocycles. The van der Waals surface area contributed by atoms with E-state index in [0.29, 0.717) is 31.6 Å². The third kappa shape index (κ3) is 4.55. The molecule has 21 heavy (non-hydrogen) atoms. The zero-order valence-electron chi connectivity index (χ0n) is 11.7. The van der Waals surface area contributed by atoms with Crippen molar-refractivity contribution < 1.29 is 14.4 Å². The van der Waals surface area contributed by atoms with Crippen LogP contribution in [0.25, 0.3) is 0 Å². The van der Waals surface area contributed by atoms with Crippen LogP contribution in [-0.2, 0) is 14.4 Å². The Morgan fingerprint density at radius 1 is 1.33 bits per heavy atom. The van der Waals surface area contributed by atoms with E-state index < -0.39 is 11.8 Å². The number of pyridine rings is 1. The quantitative estimate of drug-likeness (QED) is 0.596. The lowest BCUT2D eigenvalue weighted by Crippen LogP contribution is -2.37. The molecule has 0 radical (unpaired) electrons. The van der Waals surface area contributed by atoms with E-state index in [-0.39, 0.29) is 5.91 Å². The van der Waals surface area contributed by atoms with Gasteiger partial charge in [-0.1, -0.05) is 0 Å². The maximum Gasteiger partial charge on any atom is 0.313 e. The van der Waals surface area contributed by atoms with E-state index in [9.17, 15) is 14.4 Å². The third-order valence-corrected chi connectivity index (χ3v) is 3.19. The summed E-state index contributed by atoms with van der Waals surface area (Å²) < 4.78 is 0. The molecule has 1 aromatic rings. The molecule has 1 aliphatic heterocycles. The van der Waals surface area contributed by atoms with E-state index in [1.807, 2.05) is 0 Å². The van der Waals surface area contributed by atoms with Gasteiger partial charge in [0, 0.05) is 32.3 Å². The number of nitrogens with zero attached hydrogens (tertiary/aromatic N) is 2. The number of carbonyl (C=O) groups excluding carboxylic acids is 3. The first-order valence-electron chi connectivity index (χ1n) is 6.94. The van der Waals surface area contributed by atoms with E-state index in [4.69, 9.17) is 0 Å². The van der Waals surface area contributed by atoms with Gasteiger partial charge in [0.1, 0.15) is 0 Å². The Hall–Kier alpha value is -2.44. The highest BCUT2D eigenvalue weighted by molar-refractivity contribution is 6.39. The fourth-order valence-electron chi connectivity index (χ4n) is 2.12. The molecule has 1 aromatic heterocycles. The monoisotopic (exact) mass is 290 g/mol. The predicted molar refractivity (Wildman–Crippen MR) is 76.3 cm³/mol. The normalized spacial score (nSPS) is 14.1. The minimum Gasteiger partial charge on any atom is -0.348 e. The van der Waals surface area contributed by atoms with E-state index in [1.165, 1.54) is 6.20 Å². The molecule has 2 rings (SSSR count). The molecule has 0 bridgehead atoms. The summed E-state index contributed by atoms with van der Waals surface area (Å²) >= 11 is 0. The van der Waals surface area contributed by atoms with E-state index >= 15 is 0 Å². The second-order valence-electron chi connectivity index (χ2n) is 4.79. The molecule has 2 N–H and O–H groups in total. The van der Waals surface area contributed by atoms with Crippen LogP contribution in [-0.4, -0.2) is 47.2 Å². The number of hydrogen-bond donors (Lipinski definition) is 2. The van der Waals surface area contributed by atoms with Crippen LogP contribution in [0.15, 0.2) is 24.5 Å². The Morgan fingerprint density at radius 2 is 2.19 bits per heavy atom. The summed E-state index contributed by atoms with van der Waals surface area (Å²) in [6.07, 6.45) is 5.19. The van der Waals surface area contributed by atoms with Crippen LogP contribution >= 0.6 is 0 Å². The molecular formula is C14H18N4O3. The number of carbonyl (C=O) groups is 3. The Morgan fingerprint density at radius 3 is 2.86 bits per heavy atom. The Balaban J connectivity index is 1.65. The van der Waals surface area contributed by atoms with Gasteiger partial charge in [0.25, 0.3) is 0 Å². The fraction of sp³-hybridized carbons (Fsp3) is 0.429. The minimum absolute atomic E-state index is 0.163. The second kappa shape index (κ2) is 7.37. The van der Waals surface area contributed by atoms with Crippen molar-refractivity contribution in [2.45, 2.75) is 19.3 Å². The second-order valence-corrected chi connectivity index (χ2v) is 4.79. The predicted octanol–water partition coefficient (Wildman–Crippen LogP) is 0.149. The van der Waals surface area contributed by atoms with Crippen molar-refractivity contribution in [1.82, 2.24) is 15.2 Å². The van der Waals surface area contributed by atoms with Crippen LogP contribution in [0.5, 0.6) is 0 Å². The molecule has 3 amide bonds. The van der Waals surface area contributed by atoms with Gasteiger partial charge >= 0.3 is 11.8 Å². The van der Waals surface area contributed by atoms with Crippen molar-refractivity contribution >= 4 is 23.4 Å². The van der Waals surface area contributed by atoms with E-state index in [0.717, 1.165) is 13.0 Å². The van der Waals surface area contributed by atoms with E-state index in [2.05, 4.69) is 15.6 Å². The Labute approximate surface area is 122 Å². The molecule has 0 aliphatic carbocycles. The van der Waals surface area contributed by atoms with Crippen LogP contribution in [0.4, 0.5) is 5.69 Å². The standard InChI is InChI=1S/C14H18N4O3/c19-12-5-2-8-18(12)9-3-7-16-13(20)14(21)17-11-4-1-6-15-10-11/h1,4,6,10H,2-3,5,7-9H2,(H,16,20)(H,17,21). The van der Waals surface area contributed by atoms with Gasteiger partial charge in [-0.2, -0.15) is 0 Å². The lowest BCUT2D eigenvalue weighted by molar-refractivity contribution is -0.136. The molecule has 7 nitrogen and oxygen atoms in total. The molecule has 1 aliphatic rings. The van der Waals surface area contributed by atoms with Crippen molar-refractivity contribution in [3.8, 4) is 0 Å². The number of nitrogens with one attached hydrogen (secondary N) is 2. The van der Waals surface area contributed by atoms with Crippen molar-refractivity contribution in [3.05, 3.63) is 24.5 Å². The summed E-state index contributed by atoms with van der Waals surface area (Å²) in [5, 5.41) is 4.98. The molecule has 112 valence electrons. The van der Waals surface area contributed by atoms with Crippen LogP contribution in [0.1, 0.15) is 19.3 Å². The van der Waals surface area contributed by atoms with Gasteiger partial charge in [-0.25, -0.2) is 0 Å². The van der Waals surface area contributed by atoms with Gasteiger partial charge in [0.05, 0.1) is 11.9 Å². The molecule has 2 heterocycles. The minimum atomic E-state index is -0.722. The summed E-state index contributed by atoms with van der Waals surface area (Å²) in [4.78, 5) is 40.2. The van der Waals surface area contributed by atoms with Crippen LogP contribution < -0.4 is 10.6 Å². The van der Waals surface area contributed by atoms with Crippen molar-refractivity contribution in [1.29, 1.82) is 0 Å². The first kappa shape index (κ1) is 15.0. The van der Waals surface area contributed by atoms with Crippen molar-refractivity contribution in [3.63, 3.8) is 0 Å². The average molecular weight is 290 g/mol. The first-order chi connectivity index (χ1) is 10.2. The Bertz CT molecular complexity index is 518. The SMILES string of the molecule is O=C(NCCCN1CCCC1=O)C(=O)Nc1cccnc1. The van der Waals surface area contributed by atoms with Gasteiger partial charge in [-0.05, 0) is 25.0 Å². The maximum absolute atomic E-state index is 11.6. The Kier molecular flexibility index (Phi) is 5.25. The fourth-order valence-corrected chi connectivity index (χ4v) is 2.12. The van der Waals surface area contributed by atoms with Crippen LogP contribution in [0, 0.1) is 0 Å². The molecule has 1 fully saturated rings. The first-order valence-corrected chi connectivity index (χ1v) is 6.94. The van der Waals surface area contributed by atoms with Gasteiger partial charge < -0.3 is 15.5 Å². The number of likely N-dealkylation sites (tertiary alicyclic amines) is 1. The molecule has 0 spiro atoms. The number of amides is 3. The van der Waals surface area contributed by atoms with Gasteiger partial charge in [0.2, 0.25) is 5.91 Å². The zero-order chi connectivity index (χ0) is 15.1. The van der Waals surface area contributed by atoms with E-state index in [1.54, 1.807) is 23.2 Å². The summed E-state index contributed by atoms with van der Waals surface area (Å²) in [7, 11) is 0. The highest BCUT2D eigenvalue weighted by Crippen LogP contribution is 2.09. The highest BCUT2D eigenvalue weighted by atomic mass is 16.2. The summed E-state index contributed by atoms with van der Waals surface area (Å²) in [6, 6.07) is 3.32. The van der Waals surface area contributed by atoms with Crippen LogP contribution in [0.3, 0.4) is 0 Å². The van der Waals surface area contributed by atoms with Gasteiger partial charge in [0.15, 0.2) is 0 Å². The molecule has 7 heteroatoms. The highest BCUT2D eigenvalue weighted by Gasteiger charge is 2.19. The summed E-state index contributed by atoms with van der Waals surface area (Å²) in [5.74, 6) is -1.25. The number of anilines is 1. The number of aromatic nitrogens is 1. The van der Waals surface area contributed by atoms with Crippen molar-refractivity contribution in [2.24, 2.45) is 0 Å². The molecule has 0 saturated carbocycles. The maximum atomic E-state index is 11.6. The zero-order valence-corrected chi connectivity index (χ0v) is 11.7. The van der Waals surface area contributed by atoms with Gasteiger partial charge in [-0.15, -0.1) is 0 Å². The number of rotatable bonds is 5. The number of hydrogen-bond acceptors (Lipinski definition) is 4. The van der Waals surface area contributed by atoms with Gasteiger partial charge in [-0.3, -0.25) is 19.4 Å². The smallest absolute Gasteiger partial charge is 0.313 e. The van der Waals surface area contributed by atoms with Crippen LogP contribution in [0.2, 0.25) is 0 Å². The average Bonchev–Trinajstić information content (AvgIpc) is 2.90. The topological polar surface area (TPSA) is 91.4 Å².